The fourth-order valence-corrected chi connectivity index (χ4v) is 2.41. The maximum Gasteiger partial charge on any atom is 0.0762 e. The minimum Gasteiger partial charge on any atom is -0.392 e. The van der Waals surface area contributed by atoms with Gasteiger partial charge in [-0.05, 0) is 31.5 Å². The first-order chi connectivity index (χ1) is 7.41. The molecule has 0 aliphatic carbocycles. The quantitative estimate of drug-likeness (QED) is 0.817. The number of rotatable bonds is 4. The van der Waals surface area contributed by atoms with E-state index in [1.165, 1.54) is 11.8 Å². The second-order valence-electron chi connectivity index (χ2n) is 3.93. The van der Waals surface area contributed by atoms with Gasteiger partial charge < -0.3 is 10.2 Å². The van der Waals surface area contributed by atoms with Crippen molar-refractivity contribution in [3.63, 3.8) is 0 Å². The summed E-state index contributed by atoms with van der Waals surface area (Å²) in [5, 5.41) is 19.5. The number of hydrogen-bond acceptors (Lipinski definition) is 3. The molecule has 0 bridgehead atoms. The van der Waals surface area contributed by atoms with Crippen LogP contribution in [0, 0.1) is 0 Å². The zero-order valence-corrected chi connectivity index (χ0v) is 11.2. The monoisotopic (exact) mass is 260 g/mol. The van der Waals surface area contributed by atoms with Gasteiger partial charge in [-0.3, -0.25) is 0 Å². The molecule has 0 fully saturated rings. The number of benzene rings is 1. The highest BCUT2D eigenvalue weighted by molar-refractivity contribution is 8.00. The fraction of sp³-hybridized carbons (Fsp3) is 0.500. The lowest BCUT2D eigenvalue weighted by molar-refractivity contribution is 0.196. The van der Waals surface area contributed by atoms with Crippen molar-refractivity contribution in [2.45, 2.75) is 43.1 Å². The first-order valence-electron chi connectivity index (χ1n) is 5.24. The van der Waals surface area contributed by atoms with E-state index in [0.29, 0.717) is 5.02 Å². The van der Waals surface area contributed by atoms with Crippen LogP contribution in [0.25, 0.3) is 0 Å². The topological polar surface area (TPSA) is 40.5 Å². The van der Waals surface area contributed by atoms with Crippen LogP contribution in [-0.2, 0) is 0 Å². The molecular weight excluding hydrogens is 244 g/mol. The summed E-state index contributed by atoms with van der Waals surface area (Å²) in [7, 11) is 0. The number of thioether (sulfide) groups is 1. The molecule has 2 N–H and O–H groups in total. The highest BCUT2D eigenvalue weighted by atomic mass is 35.5. The van der Waals surface area contributed by atoms with Crippen molar-refractivity contribution >= 4 is 23.4 Å². The summed E-state index contributed by atoms with van der Waals surface area (Å²) >= 11 is 7.64. The lowest BCUT2D eigenvalue weighted by Crippen LogP contribution is -2.14. The summed E-state index contributed by atoms with van der Waals surface area (Å²) in [5.74, 6) is 0. The van der Waals surface area contributed by atoms with Gasteiger partial charge in [-0.15, -0.1) is 11.8 Å². The molecule has 0 aliphatic rings. The van der Waals surface area contributed by atoms with E-state index in [-0.39, 0.29) is 11.4 Å². The Hall–Kier alpha value is -0.220. The number of hydrogen-bond donors (Lipinski definition) is 2. The highest BCUT2D eigenvalue weighted by Crippen LogP contribution is 2.33. The van der Waals surface area contributed by atoms with E-state index in [0.717, 1.165) is 10.5 Å². The third kappa shape index (κ3) is 3.67. The summed E-state index contributed by atoms with van der Waals surface area (Å²) in [6, 6.07) is 5.50. The van der Waals surface area contributed by atoms with Gasteiger partial charge in [0, 0.05) is 10.1 Å². The summed E-state index contributed by atoms with van der Waals surface area (Å²) < 4.78 is 0. The van der Waals surface area contributed by atoms with E-state index in [1.807, 2.05) is 19.1 Å². The maximum absolute atomic E-state index is 9.41. The average molecular weight is 261 g/mol. The predicted molar refractivity (Wildman–Crippen MR) is 69.1 cm³/mol. The standard InChI is InChI=1S/C12H17ClO2S/c1-7(14)9(3)16-12-5-4-10(8(2)15)6-11(12)13/h4-9,14-15H,1-3H3/t7?,8-,9?/m1/s1. The van der Waals surface area contributed by atoms with Gasteiger partial charge in [-0.25, -0.2) is 0 Å². The van der Waals surface area contributed by atoms with Crippen molar-refractivity contribution < 1.29 is 10.2 Å². The Morgan fingerprint density at radius 2 is 1.81 bits per heavy atom. The third-order valence-electron chi connectivity index (χ3n) is 2.43. The molecule has 2 nitrogen and oxygen atoms in total. The van der Waals surface area contributed by atoms with E-state index in [1.54, 1.807) is 19.9 Å². The van der Waals surface area contributed by atoms with Crippen molar-refractivity contribution in [1.82, 2.24) is 0 Å². The van der Waals surface area contributed by atoms with Gasteiger partial charge in [0.05, 0.1) is 17.2 Å². The number of aliphatic hydroxyl groups excluding tert-OH is 2. The van der Waals surface area contributed by atoms with Crippen LogP contribution in [-0.4, -0.2) is 21.6 Å². The van der Waals surface area contributed by atoms with Crippen molar-refractivity contribution in [2.75, 3.05) is 0 Å². The highest BCUT2D eigenvalue weighted by Gasteiger charge is 2.13. The molecule has 90 valence electrons. The van der Waals surface area contributed by atoms with Crippen LogP contribution in [0.5, 0.6) is 0 Å². The molecule has 0 heterocycles. The van der Waals surface area contributed by atoms with E-state index in [9.17, 15) is 10.2 Å². The lowest BCUT2D eigenvalue weighted by atomic mass is 10.1. The SMILES string of the molecule is CC(O)C(C)Sc1ccc([C@@H](C)O)cc1Cl. The van der Waals surface area contributed by atoms with E-state index in [2.05, 4.69) is 0 Å². The second-order valence-corrected chi connectivity index (χ2v) is 5.76. The first-order valence-corrected chi connectivity index (χ1v) is 6.49. The molecule has 4 heteroatoms. The Kier molecular flexibility index (Phi) is 5.12. The third-order valence-corrected chi connectivity index (χ3v) is 4.23. The number of aliphatic hydroxyl groups is 2. The summed E-state index contributed by atoms with van der Waals surface area (Å²) in [5.41, 5.74) is 0.805. The van der Waals surface area contributed by atoms with Gasteiger partial charge in [0.15, 0.2) is 0 Å². The molecule has 0 amide bonds. The molecule has 16 heavy (non-hydrogen) atoms. The van der Waals surface area contributed by atoms with E-state index < -0.39 is 6.10 Å². The molecule has 0 saturated carbocycles. The Bertz CT molecular complexity index is 353. The molecule has 0 spiro atoms. The van der Waals surface area contributed by atoms with Crippen LogP contribution >= 0.6 is 23.4 Å². The summed E-state index contributed by atoms with van der Waals surface area (Å²) in [6.45, 7) is 5.42. The Morgan fingerprint density at radius 1 is 1.19 bits per heavy atom. The zero-order valence-electron chi connectivity index (χ0n) is 9.64. The zero-order chi connectivity index (χ0) is 12.3. The molecule has 2 unspecified atom stereocenters. The van der Waals surface area contributed by atoms with Gasteiger partial charge >= 0.3 is 0 Å². The fourth-order valence-electron chi connectivity index (χ4n) is 1.17. The van der Waals surface area contributed by atoms with Crippen molar-refractivity contribution in [2.24, 2.45) is 0 Å². The van der Waals surface area contributed by atoms with Crippen molar-refractivity contribution in [1.29, 1.82) is 0 Å². The Morgan fingerprint density at radius 3 is 2.25 bits per heavy atom. The van der Waals surface area contributed by atoms with Crippen LogP contribution in [0.2, 0.25) is 5.02 Å². The van der Waals surface area contributed by atoms with Crippen LogP contribution in [0.4, 0.5) is 0 Å². The van der Waals surface area contributed by atoms with Gasteiger partial charge in [0.1, 0.15) is 0 Å². The molecule has 1 rings (SSSR count). The molecule has 0 aromatic heterocycles. The van der Waals surface area contributed by atoms with Gasteiger partial charge in [-0.1, -0.05) is 24.6 Å². The smallest absolute Gasteiger partial charge is 0.0762 e. The average Bonchev–Trinajstić information content (AvgIpc) is 2.20. The molecule has 3 atom stereocenters. The van der Waals surface area contributed by atoms with Gasteiger partial charge in [-0.2, -0.15) is 0 Å². The first kappa shape index (κ1) is 13.8. The van der Waals surface area contributed by atoms with Crippen molar-refractivity contribution in [3.05, 3.63) is 28.8 Å². The molecule has 1 aromatic carbocycles. The van der Waals surface area contributed by atoms with Crippen LogP contribution in [0.15, 0.2) is 23.1 Å². The van der Waals surface area contributed by atoms with Crippen LogP contribution in [0.3, 0.4) is 0 Å². The normalized spacial score (nSPS) is 16.9. The minimum absolute atomic E-state index is 0.0925. The molecule has 1 aromatic rings. The van der Waals surface area contributed by atoms with E-state index in [4.69, 9.17) is 11.6 Å². The minimum atomic E-state index is -0.509. The van der Waals surface area contributed by atoms with Crippen LogP contribution in [0.1, 0.15) is 32.4 Å². The second kappa shape index (κ2) is 5.92. The van der Waals surface area contributed by atoms with Gasteiger partial charge in [0.2, 0.25) is 0 Å². The summed E-state index contributed by atoms with van der Waals surface area (Å²) in [6.07, 6.45) is -0.886. The van der Waals surface area contributed by atoms with E-state index >= 15 is 0 Å². The Balaban J connectivity index is 2.83. The molecule has 0 radical (unpaired) electrons. The number of halogens is 1. The van der Waals surface area contributed by atoms with Crippen LogP contribution < -0.4 is 0 Å². The predicted octanol–water partition coefficient (Wildman–Crippen LogP) is 3.25. The van der Waals surface area contributed by atoms with Crippen molar-refractivity contribution in [3.8, 4) is 0 Å². The maximum atomic E-state index is 9.41. The lowest BCUT2D eigenvalue weighted by Gasteiger charge is -2.15. The molecular formula is C12H17ClO2S. The van der Waals surface area contributed by atoms with Gasteiger partial charge in [0.25, 0.3) is 0 Å². The molecule has 0 aliphatic heterocycles. The Labute approximate surface area is 106 Å². The summed E-state index contributed by atoms with van der Waals surface area (Å²) in [4.78, 5) is 0.930. The largest absolute Gasteiger partial charge is 0.392 e. The molecule has 0 saturated heterocycles.